The number of halogens is 1. The first-order valence-corrected chi connectivity index (χ1v) is 8.87. The van der Waals surface area contributed by atoms with Crippen LogP contribution in [0, 0.1) is 0 Å². The molecule has 0 aliphatic heterocycles. The highest BCUT2D eigenvalue weighted by Gasteiger charge is 2.19. The Morgan fingerprint density at radius 2 is 1.87 bits per heavy atom. The van der Waals surface area contributed by atoms with E-state index >= 15 is 0 Å². The normalized spacial score (nSPS) is 17.4. The molecule has 0 unspecified atom stereocenters. The molecule has 130 valence electrons. The summed E-state index contributed by atoms with van der Waals surface area (Å²) in [6.07, 6.45) is 6.02. The van der Waals surface area contributed by atoms with Crippen molar-refractivity contribution in [1.82, 2.24) is 4.90 Å². The minimum atomic E-state index is -0.447. The van der Waals surface area contributed by atoms with Crippen LogP contribution in [0.1, 0.15) is 32.1 Å². The SMILES string of the molecule is CN(C[C@@H](O)COCCOc1ccc(Cl)cc1)C1CCCCC1. The second kappa shape index (κ2) is 10.1. The van der Waals surface area contributed by atoms with Crippen LogP contribution in [0.5, 0.6) is 5.75 Å². The molecule has 1 atom stereocenters. The first kappa shape index (κ1) is 18.5. The van der Waals surface area contributed by atoms with Gasteiger partial charge < -0.3 is 19.5 Å². The van der Waals surface area contributed by atoms with Gasteiger partial charge in [0.05, 0.1) is 19.3 Å². The number of benzene rings is 1. The Morgan fingerprint density at radius 3 is 2.57 bits per heavy atom. The van der Waals surface area contributed by atoms with Crippen LogP contribution in [-0.4, -0.2) is 55.6 Å². The molecular weight excluding hydrogens is 314 g/mol. The molecule has 0 saturated heterocycles. The van der Waals surface area contributed by atoms with E-state index in [4.69, 9.17) is 21.1 Å². The third kappa shape index (κ3) is 7.08. The van der Waals surface area contributed by atoms with Crippen LogP contribution in [-0.2, 0) is 4.74 Å². The van der Waals surface area contributed by atoms with E-state index in [2.05, 4.69) is 11.9 Å². The lowest BCUT2D eigenvalue weighted by atomic mass is 9.94. The van der Waals surface area contributed by atoms with Crippen LogP contribution in [0.25, 0.3) is 0 Å². The second-order valence-electron chi connectivity index (χ2n) is 6.26. The van der Waals surface area contributed by atoms with Crippen LogP contribution >= 0.6 is 11.6 Å². The van der Waals surface area contributed by atoms with E-state index in [0.29, 0.717) is 37.4 Å². The van der Waals surface area contributed by atoms with Gasteiger partial charge in [-0.3, -0.25) is 0 Å². The van der Waals surface area contributed by atoms with Gasteiger partial charge in [0.2, 0.25) is 0 Å². The molecule has 0 bridgehead atoms. The van der Waals surface area contributed by atoms with E-state index in [1.54, 1.807) is 12.1 Å². The van der Waals surface area contributed by atoms with Crippen molar-refractivity contribution in [3.63, 3.8) is 0 Å². The third-order valence-electron chi connectivity index (χ3n) is 4.32. The van der Waals surface area contributed by atoms with Crippen molar-refractivity contribution in [2.24, 2.45) is 0 Å². The third-order valence-corrected chi connectivity index (χ3v) is 4.57. The number of hydrogen-bond donors (Lipinski definition) is 1. The van der Waals surface area contributed by atoms with E-state index in [1.165, 1.54) is 32.1 Å². The molecule has 2 rings (SSSR count). The van der Waals surface area contributed by atoms with Crippen LogP contribution < -0.4 is 4.74 Å². The largest absolute Gasteiger partial charge is 0.491 e. The maximum Gasteiger partial charge on any atom is 0.119 e. The van der Waals surface area contributed by atoms with E-state index in [9.17, 15) is 5.11 Å². The number of likely N-dealkylation sites (N-methyl/N-ethyl adjacent to an activating group) is 1. The number of aliphatic hydroxyl groups excluding tert-OH is 1. The highest BCUT2D eigenvalue weighted by molar-refractivity contribution is 6.30. The summed E-state index contributed by atoms with van der Waals surface area (Å²) in [5.74, 6) is 0.774. The Morgan fingerprint density at radius 1 is 1.17 bits per heavy atom. The number of ether oxygens (including phenoxy) is 2. The minimum Gasteiger partial charge on any atom is -0.491 e. The number of rotatable bonds is 9. The fourth-order valence-electron chi connectivity index (χ4n) is 3.02. The van der Waals surface area contributed by atoms with Gasteiger partial charge in [-0.15, -0.1) is 0 Å². The van der Waals surface area contributed by atoms with Crippen LogP contribution in [0.15, 0.2) is 24.3 Å². The molecule has 0 aromatic heterocycles. The summed E-state index contributed by atoms with van der Waals surface area (Å²) in [4.78, 5) is 2.28. The van der Waals surface area contributed by atoms with Crippen molar-refractivity contribution in [3.05, 3.63) is 29.3 Å². The van der Waals surface area contributed by atoms with E-state index < -0.39 is 6.10 Å². The molecule has 1 aromatic rings. The molecule has 23 heavy (non-hydrogen) atoms. The van der Waals surface area contributed by atoms with Crippen molar-refractivity contribution in [3.8, 4) is 5.75 Å². The Kier molecular flexibility index (Phi) is 8.17. The fourth-order valence-corrected chi connectivity index (χ4v) is 3.15. The van der Waals surface area contributed by atoms with E-state index in [1.807, 2.05) is 12.1 Å². The summed E-state index contributed by atoms with van der Waals surface area (Å²) in [6, 6.07) is 7.87. The first-order chi connectivity index (χ1) is 11.1. The van der Waals surface area contributed by atoms with Crippen molar-refractivity contribution in [2.75, 3.05) is 33.4 Å². The molecular formula is C18H28ClNO3. The molecule has 1 N–H and O–H groups in total. The molecule has 0 heterocycles. The zero-order chi connectivity index (χ0) is 16.5. The van der Waals surface area contributed by atoms with E-state index in [-0.39, 0.29) is 0 Å². The van der Waals surface area contributed by atoms with Gasteiger partial charge in [-0.05, 0) is 44.2 Å². The fraction of sp³-hybridized carbons (Fsp3) is 0.667. The van der Waals surface area contributed by atoms with Gasteiger partial charge in [0.25, 0.3) is 0 Å². The summed E-state index contributed by atoms with van der Waals surface area (Å²) < 4.78 is 11.0. The molecule has 1 fully saturated rings. The molecule has 4 nitrogen and oxygen atoms in total. The van der Waals surface area contributed by atoms with Crippen molar-refractivity contribution in [1.29, 1.82) is 0 Å². The lowest BCUT2D eigenvalue weighted by molar-refractivity contribution is 0.00326. The highest BCUT2D eigenvalue weighted by Crippen LogP contribution is 2.21. The Balaban J connectivity index is 1.53. The summed E-state index contributed by atoms with van der Waals surface area (Å²) >= 11 is 5.82. The molecule has 5 heteroatoms. The molecule has 1 aromatic carbocycles. The van der Waals surface area contributed by atoms with Gasteiger partial charge in [0.1, 0.15) is 12.4 Å². The van der Waals surface area contributed by atoms with Gasteiger partial charge in [0, 0.05) is 17.6 Å². The standard InChI is InChI=1S/C18H28ClNO3/c1-20(16-5-3-2-4-6-16)13-17(21)14-22-11-12-23-18-9-7-15(19)8-10-18/h7-10,16-17,21H,2-6,11-14H2,1H3/t17-/m1/s1. The zero-order valence-corrected chi connectivity index (χ0v) is 14.7. The quantitative estimate of drug-likeness (QED) is 0.699. The average Bonchev–Trinajstić information content (AvgIpc) is 2.57. The first-order valence-electron chi connectivity index (χ1n) is 8.49. The predicted octanol–water partition coefficient (Wildman–Crippen LogP) is 3.36. The molecule has 0 spiro atoms. The van der Waals surface area contributed by atoms with Gasteiger partial charge in [0.15, 0.2) is 0 Å². The minimum absolute atomic E-state index is 0.348. The molecule has 0 radical (unpaired) electrons. The van der Waals surface area contributed by atoms with Gasteiger partial charge in [-0.25, -0.2) is 0 Å². The smallest absolute Gasteiger partial charge is 0.119 e. The maximum absolute atomic E-state index is 10.1. The molecule has 0 amide bonds. The summed E-state index contributed by atoms with van der Waals surface area (Å²) in [5, 5.41) is 10.8. The number of nitrogens with zero attached hydrogens (tertiary/aromatic N) is 1. The summed E-state index contributed by atoms with van der Waals surface area (Å²) in [5.41, 5.74) is 0. The van der Waals surface area contributed by atoms with Crippen LogP contribution in [0.3, 0.4) is 0 Å². The molecule has 1 saturated carbocycles. The van der Waals surface area contributed by atoms with E-state index in [0.717, 1.165) is 5.75 Å². The second-order valence-corrected chi connectivity index (χ2v) is 6.70. The van der Waals surface area contributed by atoms with Crippen molar-refractivity contribution in [2.45, 2.75) is 44.2 Å². The zero-order valence-electron chi connectivity index (χ0n) is 13.9. The average molecular weight is 342 g/mol. The lowest BCUT2D eigenvalue weighted by Crippen LogP contribution is -2.40. The number of hydrogen-bond acceptors (Lipinski definition) is 4. The summed E-state index contributed by atoms with van der Waals surface area (Å²) in [7, 11) is 2.10. The van der Waals surface area contributed by atoms with Crippen LogP contribution in [0.2, 0.25) is 5.02 Å². The monoisotopic (exact) mass is 341 g/mol. The van der Waals surface area contributed by atoms with Gasteiger partial charge >= 0.3 is 0 Å². The van der Waals surface area contributed by atoms with Crippen molar-refractivity contribution < 1.29 is 14.6 Å². The number of aliphatic hydroxyl groups is 1. The molecule has 1 aliphatic rings. The lowest BCUT2D eigenvalue weighted by Gasteiger charge is -2.32. The van der Waals surface area contributed by atoms with Gasteiger partial charge in [-0.1, -0.05) is 30.9 Å². The summed E-state index contributed by atoms with van der Waals surface area (Å²) in [6.45, 7) is 1.95. The van der Waals surface area contributed by atoms with Gasteiger partial charge in [-0.2, -0.15) is 0 Å². The Bertz CT molecular complexity index is 434. The predicted molar refractivity (Wildman–Crippen MR) is 93.3 cm³/mol. The molecule has 1 aliphatic carbocycles. The Hall–Kier alpha value is -0.810. The van der Waals surface area contributed by atoms with Crippen molar-refractivity contribution >= 4 is 11.6 Å². The Labute approximate surface area is 144 Å². The topological polar surface area (TPSA) is 41.9 Å². The van der Waals surface area contributed by atoms with Crippen LogP contribution in [0.4, 0.5) is 0 Å². The highest BCUT2D eigenvalue weighted by atomic mass is 35.5. The maximum atomic E-state index is 10.1.